The minimum atomic E-state index is 0.209. The molecule has 0 saturated carbocycles. The number of hydrogen-bond donors (Lipinski definition) is 0. The quantitative estimate of drug-likeness (QED) is 0.632. The zero-order valence-corrected chi connectivity index (χ0v) is 19.2. The summed E-state index contributed by atoms with van der Waals surface area (Å²) in [6.07, 6.45) is 3.63. The Labute approximate surface area is 191 Å². The van der Waals surface area contributed by atoms with Gasteiger partial charge in [0.25, 0.3) is 0 Å². The first kappa shape index (κ1) is 22.5. The molecule has 6 nitrogen and oxygen atoms in total. The lowest BCUT2D eigenvalue weighted by atomic mass is 9.97. The second kappa shape index (κ2) is 10.7. The number of fused-ring (bicyclic) bond motifs is 1. The Hall–Kier alpha value is -2.73. The Morgan fingerprint density at radius 2 is 1.75 bits per heavy atom. The van der Waals surface area contributed by atoms with E-state index in [1.54, 1.807) is 14.2 Å². The largest absolute Gasteiger partial charge is 0.493 e. The molecule has 6 heteroatoms. The third-order valence-corrected chi connectivity index (χ3v) is 6.55. The summed E-state index contributed by atoms with van der Waals surface area (Å²) >= 11 is 0. The van der Waals surface area contributed by atoms with Gasteiger partial charge in [-0.2, -0.15) is 0 Å². The number of piperidine rings is 1. The van der Waals surface area contributed by atoms with E-state index < -0.39 is 0 Å². The van der Waals surface area contributed by atoms with Crippen LogP contribution in [0.5, 0.6) is 17.2 Å². The molecule has 0 radical (unpaired) electrons. The molecule has 0 bridgehead atoms. The molecule has 0 aromatic heterocycles. The second-order valence-electron chi connectivity index (χ2n) is 8.71. The molecule has 1 amide bonds. The molecule has 1 atom stereocenters. The van der Waals surface area contributed by atoms with Crippen LogP contribution in [0.25, 0.3) is 0 Å². The minimum Gasteiger partial charge on any atom is -0.493 e. The maximum absolute atomic E-state index is 13.0. The summed E-state index contributed by atoms with van der Waals surface area (Å²) in [7, 11) is 3.28. The number of nitrogens with zero attached hydrogens (tertiary/aromatic N) is 2. The van der Waals surface area contributed by atoms with E-state index in [1.807, 2.05) is 42.5 Å². The van der Waals surface area contributed by atoms with Crippen molar-refractivity contribution in [1.29, 1.82) is 0 Å². The first-order chi connectivity index (χ1) is 15.7. The van der Waals surface area contributed by atoms with Crippen LogP contribution < -0.4 is 14.2 Å². The summed E-state index contributed by atoms with van der Waals surface area (Å²) in [6, 6.07) is 14.0. The Kier molecular flexibility index (Phi) is 7.53. The van der Waals surface area contributed by atoms with Gasteiger partial charge in [0.1, 0.15) is 12.4 Å². The molecule has 1 fully saturated rings. The highest BCUT2D eigenvalue weighted by molar-refractivity contribution is 5.80. The number of hydrogen-bond acceptors (Lipinski definition) is 5. The van der Waals surface area contributed by atoms with Crippen LogP contribution in [-0.2, 0) is 17.6 Å². The lowest BCUT2D eigenvalue weighted by Gasteiger charge is -2.35. The van der Waals surface area contributed by atoms with Crippen molar-refractivity contribution in [2.75, 3.05) is 53.6 Å². The predicted molar refractivity (Wildman–Crippen MR) is 125 cm³/mol. The highest BCUT2D eigenvalue weighted by Crippen LogP contribution is 2.32. The van der Waals surface area contributed by atoms with Crippen molar-refractivity contribution in [2.24, 2.45) is 5.92 Å². The molecule has 4 rings (SSSR count). The number of rotatable bonds is 8. The number of likely N-dealkylation sites (tertiary alicyclic amines) is 1. The first-order valence-corrected chi connectivity index (χ1v) is 11.6. The van der Waals surface area contributed by atoms with E-state index in [9.17, 15) is 4.79 Å². The topological polar surface area (TPSA) is 51.2 Å². The number of methoxy groups -OCH3 is 2. The van der Waals surface area contributed by atoms with Gasteiger partial charge in [0, 0.05) is 26.2 Å². The molecular weight excluding hydrogens is 404 g/mol. The molecule has 2 aliphatic heterocycles. The van der Waals surface area contributed by atoms with E-state index in [0.29, 0.717) is 24.7 Å². The average Bonchev–Trinajstić information content (AvgIpc) is 2.97. The van der Waals surface area contributed by atoms with Crippen LogP contribution >= 0.6 is 0 Å². The SMILES string of the molecule is COc1cc2c(cc1OC)CC(=O)N(C[C@H]1CCCN(CCOc3ccccc3)C1)CC2. The summed E-state index contributed by atoms with van der Waals surface area (Å²) in [5.41, 5.74) is 2.24. The number of ether oxygens (including phenoxy) is 3. The van der Waals surface area contributed by atoms with Gasteiger partial charge >= 0.3 is 0 Å². The number of amides is 1. The van der Waals surface area contributed by atoms with E-state index in [4.69, 9.17) is 14.2 Å². The van der Waals surface area contributed by atoms with Gasteiger partial charge in [0.15, 0.2) is 11.5 Å². The summed E-state index contributed by atoms with van der Waals surface area (Å²) in [6.45, 7) is 5.33. The Bertz CT molecular complexity index is 902. The van der Waals surface area contributed by atoms with Gasteiger partial charge in [0.2, 0.25) is 5.91 Å². The zero-order valence-electron chi connectivity index (χ0n) is 19.2. The summed E-state index contributed by atoms with van der Waals surface area (Å²) in [5.74, 6) is 3.06. The summed E-state index contributed by atoms with van der Waals surface area (Å²) in [5, 5.41) is 0. The van der Waals surface area contributed by atoms with Gasteiger partial charge in [-0.15, -0.1) is 0 Å². The van der Waals surface area contributed by atoms with Crippen LogP contribution in [0, 0.1) is 5.92 Å². The number of carbonyl (C=O) groups is 1. The molecule has 0 unspecified atom stereocenters. The van der Waals surface area contributed by atoms with Crippen molar-refractivity contribution in [3.05, 3.63) is 53.6 Å². The summed E-state index contributed by atoms with van der Waals surface area (Å²) in [4.78, 5) is 17.6. The molecule has 0 spiro atoms. The van der Waals surface area contributed by atoms with Crippen LogP contribution in [0.2, 0.25) is 0 Å². The Morgan fingerprint density at radius 1 is 1.00 bits per heavy atom. The fraction of sp³-hybridized carbons (Fsp3) is 0.500. The van der Waals surface area contributed by atoms with Crippen molar-refractivity contribution in [3.63, 3.8) is 0 Å². The normalized spacial score (nSPS) is 19.2. The standard InChI is InChI=1S/C26H34N2O4/c1-30-24-15-21-10-12-28(26(29)17-22(21)16-25(24)31-2)19-20-7-6-11-27(18-20)13-14-32-23-8-4-3-5-9-23/h3-5,8-9,15-16,20H,6-7,10-14,17-19H2,1-2H3/t20-/m0/s1. The molecule has 1 saturated heterocycles. The van der Waals surface area contributed by atoms with Crippen molar-refractivity contribution >= 4 is 5.91 Å². The van der Waals surface area contributed by atoms with Crippen LogP contribution in [0.3, 0.4) is 0 Å². The number of carbonyl (C=O) groups excluding carboxylic acids is 1. The molecule has 32 heavy (non-hydrogen) atoms. The fourth-order valence-electron chi connectivity index (χ4n) is 4.83. The molecule has 2 aliphatic rings. The van der Waals surface area contributed by atoms with Crippen molar-refractivity contribution in [3.8, 4) is 17.2 Å². The van der Waals surface area contributed by atoms with Gasteiger partial charge in [0.05, 0.1) is 20.6 Å². The number of para-hydroxylation sites is 1. The highest BCUT2D eigenvalue weighted by atomic mass is 16.5. The molecule has 172 valence electrons. The molecule has 2 heterocycles. The van der Waals surface area contributed by atoms with E-state index in [0.717, 1.165) is 56.2 Å². The lowest BCUT2D eigenvalue weighted by Crippen LogP contribution is -2.44. The van der Waals surface area contributed by atoms with Crippen molar-refractivity contribution < 1.29 is 19.0 Å². The molecular formula is C26H34N2O4. The van der Waals surface area contributed by atoms with Crippen LogP contribution in [-0.4, -0.2) is 69.3 Å². The highest BCUT2D eigenvalue weighted by Gasteiger charge is 2.27. The molecule has 2 aromatic carbocycles. The van der Waals surface area contributed by atoms with Gasteiger partial charge in [-0.25, -0.2) is 0 Å². The fourth-order valence-corrected chi connectivity index (χ4v) is 4.83. The maximum atomic E-state index is 13.0. The van der Waals surface area contributed by atoms with E-state index >= 15 is 0 Å². The second-order valence-corrected chi connectivity index (χ2v) is 8.71. The third-order valence-electron chi connectivity index (χ3n) is 6.55. The summed E-state index contributed by atoms with van der Waals surface area (Å²) < 4.78 is 16.8. The zero-order chi connectivity index (χ0) is 22.3. The van der Waals surface area contributed by atoms with Gasteiger partial charge in [-0.05, 0) is 67.1 Å². The Morgan fingerprint density at radius 3 is 2.50 bits per heavy atom. The van der Waals surface area contributed by atoms with E-state index in [2.05, 4.69) is 9.80 Å². The van der Waals surface area contributed by atoms with Gasteiger partial charge < -0.3 is 19.1 Å². The van der Waals surface area contributed by atoms with Crippen molar-refractivity contribution in [1.82, 2.24) is 9.80 Å². The first-order valence-electron chi connectivity index (χ1n) is 11.6. The van der Waals surface area contributed by atoms with Crippen LogP contribution in [0.4, 0.5) is 0 Å². The van der Waals surface area contributed by atoms with Gasteiger partial charge in [-0.3, -0.25) is 9.69 Å². The molecule has 0 N–H and O–H groups in total. The van der Waals surface area contributed by atoms with E-state index in [1.165, 1.54) is 18.4 Å². The Balaban J connectivity index is 1.31. The van der Waals surface area contributed by atoms with Gasteiger partial charge in [-0.1, -0.05) is 18.2 Å². The van der Waals surface area contributed by atoms with Crippen LogP contribution in [0.1, 0.15) is 24.0 Å². The monoisotopic (exact) mass is 438 g/mol. The average molecular weight is 439 g/mol. The smallest absolute Gasteiger partial charge is 0.227 e. The minimum absolute atomic E-state index is 0.209. The third kappa shape index (κ3) is 5.54. The van der Waals surface area contributed by atoms with Crippen LogP contribution in [0.15, 0.2) is 42.5 Å². The maximum Gasteiger partial charge on any atom is 0.227 e. The molecule has 0 aliphatic carbocycles. The predicted octanol–water partition coefficient (Wildman–Crippen LogP) is 3.42. The lowest BCUT2D eigenvalue weighted by molar-refractivity contribution is -0.131. The molecule has 2 aromatic rings. The number of benzene rings is 2. The van der Waals surface area contributed by atoms with Crippen molar-refractivity contribution in [2.45, 2.75) is 25.7 Å². The van der Waals surface area contributed by atoms with E-state index in [-0.39, 0.29) is 5.91 Å².